The van der Waals surface area contributed by atoms with Gasteiger partial charge in [0.2, 0.25) is 5.95 Å². The van der Waals surface area contributed by atoms with E-state index in [2.05, 4.69) is 109 Å². The molecule has 0 bridgehead atoms. The first-order valence-electron chi connectivity index (χ1n) is 17.4. The first-order chi connectivity index (χ1) is 25.7. The number of aromatic nitrogens is 4. The Morgan fingerprint density at radius 2 is 1.12 bits per heavy atom. The Morgan fingerprint density at radius 3 is 2.02 bits per heavy atom. The summed E-state index contributed by atoms with van der Waals surface area (Å²) in [5.41, 5.74) is 10.6. The maximum Gasteiger partial charge on any atom is 0.238 e. The van der Waals surface area contributed by atoms with Gasteiger partial charge in [-0.15, -0.1) is 0 Å². The van der Waals surface area contributed by atoms with Crippen molar-refractivity contribution in [2.45, 2.75) is 6.92 Å². The Morgan fingerprint density at radius 1 is 0.423 bits per heavy atom. The second kappa shape index (κ2) is 11.0. The van der Waals surface area contributed by atoms with Gasteiger partial charge in [-0.05, 0) is 72.1 Å². The molecule has 52 heavy (non-hydrogen) atoms. The molecule has 0 unspecified atom stereocenters. The minimum Gasteiger partial charge on any atom is -0.456 e. The van der Waals surface area contributed by atoms with Crippen molar-refractivity contribution in [2.24, 2.45) is 0 Å². The molecule has 0 aliphatic heterocycles. The van der Waals surface area contributed by atoms with Crippen LogP contribution in [0.2, 0.25) is 0 Å². The average molecular weight is 669 g/mol. The molecule has 244 valence electrons. The van der Waals surface area contributed by atoms with Gasteiger partial charge in [0.05, 0.1) is 11.0 Å². The molecule has 0 aliphatic carbocycles. The summed E-state index contributed by atoms with van der Waals surface area (Å²) in [6.07, 6.45) is 0. The number of nitrogens with zero attached hydrogens (tertiary/aromatic N) is 4. The smallest absolute Gasteiger partial charge is 0.238 e. The number of fused-ring (bicyclic) bond motifs is 9. The summed E-state index contributed by atoms with van der Waals surface area (Å²) in [5, 5.41) is 6.61. The number of para-hydroxylation sites is 2. The zero-order valence-corrected chi connectivity index (χ0v) is 28.0. The predicted molar refractivity (Wildman–Crippen MR) is 210 cm³/mol. The van der Waals surface area contributed by atoms with E-state index in [0.717, 1.165) is 87.9 Å². The van der Waals surface area contributed by atoms with Crippen molar-refractivity contribution in [3.8, 4) is 39.9 Å². The van der Waals surface area contributed by atoms with Crippen LogP contribution in [0.5, 0.6) is 0 Å². The minimum atomic E-state index is 0.565. The van der Waals surface area contributed by atoms with Gasteiger partial charge < -0.3 is 8.83 Å². The Balaban J connectivity index is 1.11. The summed E-state index contributed by atoms with van der Waals surface area (Å²) in [7, 11) is 0. The summed E-state index contributed by atoms with van der Waals surface area (Å²) in [5.74, 6) is 1.74. The summed E-state index contributed by atoms with van der Waals surface area (Å²) in [4.78, 5) is 15.3. The molecule has 6 nitrogen and oxygen atoms in total. The molecule has 0 radical (unpaired) electrons. The molecule has 0 saturated heterocycles. The maximum absolute atomic E-state index is 6.57. The molecule has 0 amide bonds. The van der Waals surface area contributed by atoms with Crippen molar-refractivity contribution in [3.05, 3.63) is 157 Å². The molecule has 0 N–H and O–H groups in total. The molecule has 4 heterocycles. The van der Waals surface area contributed by atoms with Crippen LogP contribution in [0.3, 0.4) is 0 Å². The first-order valence-corrected chi connectivity index (χ1v) is 17.4. The number of furan rings is 2. The van der Waals surface area contributed by atoms with Gasteiger partial charge in [0.1, 0.15) is 22.3 Å². The molecule has 0 aliphatic rings. The van der Waals surface area contributed by atoms with Crippen LogP contribution in [0, 0.1) is 6.92 Å². The van der Waals surface area contributed by atoms with E-state index < -0.39 is 0 Å². The van der Waals surface area contributed by atoms with Gasteiger partial charge in [0.25, 0.3) is 0 Å². The lowest BCUT2D eigenvalue weighted by Gasteiger charge is -2.11. The number of hydrogen-bond donors (Lipinski definition) is 0. The minimum absolute atomic E-state index is 0.565. The highest BCUT2D eigenvalue weighted by Gasteiger charge is 2.20. The van der Waals surface area contributed by atoms with Crippen LogP contribution in [0.25, 0.3) is 106 Å². The quantitative estimate of drug-likeness (QED) is 0.187. The number of benzene rings is 7. The lowest BCUT2D eigenvalue weighted by atomic mass is 9.97. The molecule has 11 aromatic rings. The number of hydrogen-bond acceptors (Lipinski definition) is 5. The van der Waals surface area contributed by atoms with Gasteiger partial charge in [0, 0.05) is 43.4 Å². The lowest BCUT2D eigenvalue weighted by molar-refractivity contribution is 0.669. The van der Waals surface area contributed by atoms with Crippen LogP contribution < -0.4 is 0 Å². The molecule has 0 fully saturated rings. The highest BCUT2D eigenvalue weighted by molar-refractivity contribution is 6.14. The molecule has 0 spiro atoms. The average Bonchev–Trinajstić information content (AvgIpc) is 3.86. The standard InChI is InChI=1S/C46H28N4O2/c1-27-18-21-33-32-12-5-7-15-37(32)50(38(33)24-27)46-48-44(28-10-3-2-4-11-28)47-45(49-46)30-19-22-35-42(26-30)52-41-17-9-14-31(43(35)41)29-20-23-40-36(25-29)34-13-6-8-16-39(34)51-40/h2-26H,1H3. The second-order valence-electron chi connectivity index (χ2n) is 13.3. The van der Waals surface area contributed by atoms with Gasteiger partial charge in [0.15, 0.2) is 11.6 Å². The number of rotatable bonds is 4. The SMILES string of the molecule is Cc1ccc2c3ccccc3n(-c3nc(-c4ccccc4)nc(-c4ccc5c(c4)oc4cccc(-c6ccc7oc8ccccc8c7c6)c45)n3)c2c1. The van der Waals surface area contributed by atoms with E-state index in [1.165, 1.54) is 5.56 Å². The summed E-state index contributed by atoms with van der Waals surface area (Å²) >= 11 is 0. The molecule has 4 aromatic heterocycles. The van der Waals surface area contributed by atoms with E-state index in [9.17, 15) is 0 Å². The molecule has 11 rings (SSSR count). The molecular formula is C46H28N4O2. The predicted octanol–water partition coefficient (Wildman–Crippen LogP) is 12.1. The fourth-order valence-corrected chi connectivity index (χ4v) is 7.71. The van der Waals surface area contributed by atoms with E-state index in [1.54, 1.807) is 0 Å². The second-order valence-corrected chi connectivity index (χ2v) is 13.3. The van der Waals surface area contributed by atoms with Crippen molar-refractivity contribution in [2.75, 3.05) is 0 Å². The molecule has 6 heteroatoms. The van der Waals surface area contributed by atoms with Gasteiger partial charge in [-0.3, -0.25) is 4.57 Å². The fourth-order valence-electron chi connectivity index (χ4n) is 7.71. The third-order valence-corrected chi connectivity index (χ3v) is 10.1. The van der Waals surface area contributed by atoms with Crippen LogP contribution in [0.15, 0.2) is 160 Å². The largest absolute Gasteiger partial charge is 0.456 e. The summed E-state index contributed by atoms with van der Waals surface area (Å²) in [6, 6.07) is 52.1. The highest BCUT2D eigenvalue weighted by Crippen LogP contribution is 2.40. The summed E-state index contributed by atoms with van der Waals surface area (Å²) in [6.45, 7) is 2.11. The van der Waals surface area contributed by atoms with Gasteiger partial charge >= 0.3 is 0 Å². The lowest BCUT2D eigenvalue weighted by Crippen LogP contribution is -2.06. The van der Waals surface area contributed by atoms with Crippen molar-refractivity contribution in [3.63, 3.8) is 0 Å². The van der Waals surface area contributed by atoms with E-state index in [1.807, 2.05) is 54.6 Å². The van der Waals surface area contributed by atoms with Crippen LogP contribution in [0.4, 0.5) is 0 Å². The van der Waals surface area contributed by atoms with Crippen LogP contribution >= 0.6 is 0 Å². The summed E-state index contributed by atoms with van der Waals surface area (Å²) < 4.78 is 14.8. The van der Waals surface area contributed by atoms with Gasteiger partial charge in [-0.2, -0.15) is 9.97 Å². The van der Waals surface area contributed by atoms with Gasteiger partial charge in [-0.25, -0.2) is 4.98 Å². The highest BCUT2D eigenvalue weighted by atomic mass is 16.3. The van der Waals surface area contributed by atoms with E-state index in [4.69, 9.17) is 23.8 Å². The van der Waals surface area contributed by atoms with Crippen LogP contribution in [-0.2, 0) is 0 Å². The first kappa shape index (κ1) is 28.8. The van der Waals surface area contributed by atoms with Crippen molar-refractivity contribution in [1.82, 2.24) is 19.5 Å². The fraction of sp³-hybridized carbons (Fsp3) is 0.0217. The third-order valence-electron chi connectivity index (χ3n) is 10.1. The molecule has 7 aromatic carbocycles. The van der Waals surface area contributed by atoms with Gasteiger partial charge in [-0.1, -0.05) is 103 Å². The molecule has 0 saturated carbocycles. The molecule has 0 atom stereocenters. The van der Waals surface area contributed by atoms with Crippen molar-refractivity contribution >= 4 is 65.7 Å². The van der Waals surface area contributed by atoms with Crippen molar-refractivity contribution in [1.29, 1.82) is 0 Å². The van der Waals surface area contributed by atoms with Crippen molar-refractivity contribution < 1.29 is 8.83 Å². The Bertz CT molecular complexity index is 3210. The topological polar surface area (TPSA) is 69.9 Å². The third kappa shape index (κ3) is 4.34. The number of aryl methyl sites for hydroxylation is 1. The Kier molecular flexibility index (Phi) is 6.07. The molecular weight excluding hydrogens is 641 g/mol. The van der Waals surface area contributed by atoms with E-state index in [-0.39, 0.29) is 0 Å². The maximum atomic E-state index is 6.57. The van der Waals surface area contributed by atoms with E-state index in [0.29, 0.717) is 17.6 Å². The van der Waals surface area contributed by atoms with Crippen LogP contribution in [0.1, 0.15) is 5.56 Å². The normalized spacial score (nSPS) is 11.9. The monoisotopic (exact) mass is 668 g/mol. The zero-order valence-electron chi connectivity index (χ0n) is 28.0. The van der Waals surface area contributed by atoms with Crippen LogP contribution in [-0.4, -0.2) is 19.5 Å². The zero-order chi connectivity index (χ0) is 34.3. The van der Waals surface area contributed by atoms with E-state index >= 15 is 0 Å². The Labute approximate surface area is 297 Å². The Hall–Kier alpha value is -7.05.